The van der Waals surface area contributed by atoms with Crippen LogP contribution >= 0.6 is 27.5 Å². The summed E-state index contributed by atoms with van der Waals surface area (Å²) in [5, 5.41) is 0.461. The molecule has 0 aromatic heterocycles. The summed E-state index contributed by atoms with van der Waals surface area (Å²) in [7, 11) is -3.02. The lowest BCUT2D eigenvalue weighted by atomic mass is 10.1. The van der Waals surface area contributed by atoms with E-state index < -0.39 is 9.84 Å². The second-order valence-electron chi connectivity index (χ2n) is 4.59. The molecule has 1 saturated heterocycles. The first kappa shape index (κ1) is 14.8. The van der Waals surface area contributed by atoms with E-state index in [-0.39, 0.29) is 30.0 Å². The number of amides is 1. The molecular formula is C12H13BrClNO3S. The van der Waals surface area contributed by atoms with Crippen molar-refractivity contribution in [3.8, 4) is 0 Å². The fraction of sp³-hybridized carbons (Fsp3) is 0.417. The summed E-state index contributed by atoms with van der Waals surface area (Å²) >= 11 is 9.23. The molecule has 1 aliphatic rings. The van der Waals surface area contributed by atoms with Gasteiger partial charge in [0, 0.05) is 22.6 Å². The van der Waals surface area contributed by atoms with Crippen molar-refractivity contribution in [3.05, 3.63) is 33.3 Å². The largest absolute Gasteiger partial charge is 0.334 e. The van der Waals surface area contributed by atoms with Gasteiger partial charge in [-0.05, 0) is 41.1 Å². The maximum absolute atomic E-state index is 12.3. The zero-order chi connectivity index (χ0) is 14.2. The maximum atomic E-state index is 12.3. The molecule has 1 amide bonds. The molecule has 1 heterocycles. The van der Waals surface area contributed by atoms with E-state index in [1.54, 1.807) is 30.0 Å². The van der Waals surface area contributed by atoms with Crippen molar-refractivity contribution >= 4 is 43.3 Å². The lowest BCUT2D eigenvalue weighted by molar-refractivity contribution is 0.0712. The predicted molar refractivity (Wildman–Crippen MR) is 78.3 cm³/mol. The highest BCUT2D eigenvalue weighted by Gasteiger charge is 2.31. The van der Waals surface area contributed by atoms with Crippen LogP contribution < -0.4 is 0 Å². The van der Waals surface area contributed by atoms with E-state index in [4.69, 9.17) is 11.6 Å². The number of hydrogen-bond acceptors (Lipinski definition) is 3. The molecule has 104 valence electrons. The molecular weight excluding hydrogens is 354 g/mol. The zero-order valence-electron chi connectivity index (χ0n) is 10.3. The Morgan fingerprint density at radius 2 is 2.16 bits per heavy atom. The van der Waals surface area contributed by atoms with Gasteiger partial charge in [0.1, 0.15) is 0 Å². The monoisotopic (exact) mass is 365 g/mol. The second-order valence-corrected chi connectivity index (χ2v) is 8.08. The number of nitrogens with zero attached hydrogens (tertiary/aromatic N) is 1. The van der Waals surface area contributed by atoms with E-state index in [1.165, 1.54) is 0 Å². The first-order valence-corrected chi connectivity index (χ1v) is 8.76. The van der Waals surface area contributed by atoms with E-state index in [0.29, 0.717) is 10.6 Å². The smallest absolute Gasteiger partial charge is 0.254 e. The molecule has 0 N–H and O–H groups in total. The van der Waals surface area contributed by atoms with E-state index in [0.717, 1.165) is 4.47 Å². The van der Waals surface area contributed by atoms with Crippen molar-refractivity contribution in [2.45, 2.75) is 13.0 Å². The highest BCUT2D eigenvalue weighted by Crippen LogP contribution is 2.24. The standard InChI is InChI=1S/C12H13BrClNO3S/c1-8-7-19(17,18)5-4-15(8)12(16)9-2-3-10(13)11(14)6-9/h2-3,6,8H,4-5,7H2,1H3. The van der Waals surface area contributed by atoms with Crippen LogP contribution in [0, 0.1) is 0 Å². The van der Waals surface area contributed by atoms with Gasteiger partial charge < -0.3 is 4.90 Å². The van der Waals surface area contributed by atoms with Crippen LogP contribution in [0.25, 0.3) is 0 Å². The van der Waals surface area contributed by atoms with Gasteiger partial charge in [-0.2, -0.15) is 0 Å². The maximum Gasteiger partial charge on any atom is 0.254 e. The van der Waals surface area contributed by atoms with Gasteiger partial charge in [-0.1, -0.05) is 11.6 Å². The SMILES string of the molecule is CC1CS(=O)(=O)CCN1C(=O)c1ccc(Br)c(Cl)c1. The van der Waals surface area contributed by atoms with Crippen LogP contribution in [0.5, 0.6) is 0 Å². The molecule has 2 rings (SSSR count). The molecule has 0 bridgehead atoms. The summed E-state index contributed by atoms with van der Waals surface area (Å²) in [5.41, 5.74) is 0.472. The van der Waals surface area contributed by atoms with Crippen LogP contribution in [0.1, 0.15) is 17.3 Å². The summed E-state index contributed by atoms with van der Waals surface area (Å²) in [6.07, 6.45) is 0. The molecule has 1 aliphatic heterocycles. The summed E-state index contributed by atoms with van der Waals surface area (Å²) in [4.78, 5) is 13.9. The number of rotatable bonds is 1. The molecule has 7 heteroatoms. The van der Waals surface area contributed by atoms with Crippen LogP contribution in [-0.2, 0) is 9.84 Å². The quantitative estimate of drug-likeness (QED) is 0.767. The van der Waals surface area contributed by atoms with Gasteiger partial charge >= 0.3 is 0 Å². The molecule has 0 radical (unpaired) electrons. The van der Waals surface area contributed by atoms with Crippen molar-refractivity contribution in [2.75, 3.05) is 18.1 Å². The molecule has 1 unspecified atom stereocenters. The number of carbonyl (C=O) groups excluding carboxylic acids is 1. The molecule has 1 atom stereocenters. The molecule has 1 fully saturated rings. The van der Waals surface area contributed by atoms with Crippen molar-refractivity contribution in [3.63, 3.8) is 0 Å². The van der Waals surface area contributed by atoms with Crippen LogP contribution in [0.15, 0.2) is 22.7 Å². The third kappa shape index (κ3) is 3.30. The molecule has 0 saturated carbocycles. The first-order chi connectivity index (χ1) is 8.80. The third-order valence-electron chi connectivity index (χ3n) is 3.10. The van der Waals surface area contributed by atoms with Crippen LogP contribution in [0.3, 0.4) is 0 Å². The summed E-state index contributed by atoms with van der Waals surface area (Å²) < 4.78 is 23.7. The fourth-order valence-electron chi connectivity index (χ4n) is 2.10. The Balaban J connectivity index is 2.22. The summed E-state index contributed by atoms with van der Waals surface area (Å²) in [6, 6.07) is 4.66. The average molecular weight is 367 g/mol. The van der Waals surface area contributed by atoms with Gasteiger partial charge in [-0.15, -0.1) is 0 Å². The van der Waals surface area contributed by atoms with Crippen LogP contribution in [-0.4, -0.2) is 43.3 Å². The Morgan fingerprint density at radius 3 is 2.74 bits per heavy atom. The topological polar surface area (TPSA) is 54.5 Å². The second kappa shape index (κ2) is 5.42. The van der Waals surface area contributed by atoms with Gasteiger partial charge in [-0.25, -0.2) is 8.42 Å². The predicted octanol–water partition coefficient (Wildman–Crippen LogP) is 2.36. The summed E-state index contributed by atoms with van der Waals surface area (Å²) in [5.74, 6) is -0.145. The van der Waals surface area contributed by atoms with Gasteiger partial charge in [0.15, 0.2) is 9.84 Å². The van der Waals surface area contributed by atoms with Gasteiger partial charge in [0.25, 0.3) is 5.91 Å². The van der Waals surface area contributed by atoms with Crippen molar-refractivity contribution in [1.29, 1.82) is 0 Å². The molecule has 4 nitrogen and oxygen atoms in total. The lowest BCUT2D eigenvalue weighted by Gasteiger charge is -2.33. The normalized spacial score (nSPS) is 22.3. The number of benzene rings is 1. The Hall–Kier alpha value is -0.590. The zero-order valence-corrected chi connectivity index (χ0v) is 13.4. The van der Waals surface area contributed by atoms with E-state index in [1.807, 2.05) is 0 Å². The molecule has 0 aliphatic carbocycles. The van der Waals surface area contributed by atoms with Crippen molar-refractivity contribution in [2.24, 2.45) is 0 Å². The van der Waals surface area contributed by atoms with E-state index >= 15 is 0 Å². The number of carbonyl (C=O) groups is 1. The molecule has 19 heavy (non-hydrogen) atoms. The lowest BCUT2D eigenvalue weighted by Crippen LogP contribution is -2.49. The minimum absolute atomic E-state index is 0.0169. The Bertz CT molecular complexity index is 617. The highest BCUT2D eigenvalue weighted by molar-refractivity contribution is 9.10. The Morgan fingerprint density at radius 1 is 1.47 bits per heavy atom. The van der Waals surface area contributed by atoms with Crippen LogP contribution in [0.2, 0.25) is 5.02 Å². The Labute approximate surface area is 125 Å². The highest BCUT2D eigenvalue weighted by atomic mass is 79.9. The van der Waals surface area contributed by atoms with Gasteiger partial charge in [0.05, 0.1) is 16.5 Å². The number of hydrogen-bond donors (Lipinski definition) is 0. The minimum Gasteiger partial charge on any atom is -0.334 e. The Kier molecular flexibility index (Phi) is 4.23. The van der Waals surface area contributed by atoms with Crippen molar-refractivity contribution in [1.82, 2.24) is 4.90 Å². The van der Waals surface area contributed by atoms with E-state index in [2.05, 4.69) is 15.9 Å². The van der Waals surface area contributed by atoms with Crippen molar-refractivity contribution < 1.29 is 13.2 Å². The number of sulfone groups is 1. The minimum atomic E-state index is -3.02. The third-order valence-corrected chi connectivity index (χ3v) is 6.13. The molecule has 1 aromatic carbocycles. The van der Waals surface area contributed by atoms with Gasteiger partial charge in [-0.3, -0.25) is 4.79 Å². The average Bonchev–Trinajstić information content (AvgIpc) is 2.31. The van der Waals surface area contributed by atoms with E-state index in [9.17, 15) is 13.2 Å². The molecule has 1 aromatic rings. The fourth-order valence-corrected chi connectivity index (χ4v) is 4.08. The van der Waals surface area contributed by atoms with Crippen LogP contribution in [0.4, 0.5) is 0 Å². The molecule has 0 spiro atoms. The number of halogens is 2. The van der Waals surface area contributed by atoms with Gasteiger partial charge in [0.2, 0.25) is 0 Å². The first-order valence-electron chi connectivity index (χ1n) is 5.76. The summed E-state index contributed by atoms with van der Waals surface area (Å²) in [6.45, 7) is 1.98.